The maximum Gasteiger partial charge on any atom is 0.310 e. The summed E-state index contributed by atoms with van der Waals surface area (Å²) in [4.78, 5) is 10.8. The number of aliphatic carboxylic acids is 1. The molecule has 3 aromatic rings. The van der Waals surface area contributed by atoms with Gasteiger partial charge in [-0.2, -0.15) is 27.0 Å². The van der Waals surface area contributed by atoms with Gasteiger partial charge in [0.15, 0.2) is 0 Å². The first-order chi connectivity index (χ1) is 14.3. The molecular formula is C26H34FNO2S2. The van der Waals surface area contributed by atoms with E-state index in [0.29, 0.717) is 23.0 Å². The molecule has 0 amide bonds. The molecule has 0 spiro atoms. The molecule has 3 N–H and O–H groups in total. The first-order valence-electron chi connectivity index (χ1n) is 10.2. The summed E-state index contributed by atoms with van der Waals surface area (Å²) in [6.07, 6.45) is 0. The lowest BCUT2D eigenvalue weighted by Gasteiger charge is -2.18. The van der Waals surface area contributed by atoms with Crippen molar-refractivity contribution in [2.24, 2.45) is 11.7 Å². The molecule has 0 aliphatic carbocycles. The molecule has 0 aromatic heterocycles. The number of halogens is 1. The van der Waals surface area contributed by atoms with Crippen LogP contribution < -0.4 is 5.73 Å². The molecule has 0 fully saturated rings. The fraction of sp³-hybridized carbons (Fsp3) is 0.269. The van der Waals surface area contributed by atoms with E-state index < -0.39 is 17.7 Å². The third-order valence-corrected chi connectivity index (χ3v) is 5.23. The van der Waals surface area contributed by atoms with Gasteiger partial charge in [-0.05, 0) is 48.1 Å². The van der Waals surface area contributed by atoms with Crippen LogP contribution in [0.3, 0.4) is 0 Å². The number of hydrogen-bond donors (Lipinski definition) is 2. The molecular weight excluding hydrogens is 441 g/mol. The average molecular weight is 476 g/mol. The van der Waals surface area contributed by atoms with Gasteiger partial charge >= 0.3 is 5.97 Å². The maximum absolute atomic E-state index is 14.0. The number of carbonyl (C=O) groups is 1. The van der Waals surface area contributed by atoms with E-state index >= 15 is 0 Å². The topological polar surface area (TPSA) is 63.3 Å². The number of carboxylic acid groups (broad SMARTS) is 1. The third-order valence-electron chi connectivity index (χ3n) is 5.23. The second-order valence-corrected chi connectivity index (χ2v) is 7.66. The predicted molar refractivity (Wildman–Crippen MR) is 142 cm³/mol. The molecule has 0 aliphatic heterocycles. The Kier molecular flexibility index (Phi) is 13.7. The first-order valence-corrected chi connectivity index (χ1v) is 10.2. The van der Waals surface area contributed by atoms with Crippen LogP contribution in [-0.4, -0.2) is 17.6 Å². The Morgan fingerprint density at radius 3 is 1.84 bits per heavy atom. The van der Waals surface area contributed by atoms with Gasteiger partial charge in [0.05, 0.1) is 5.92 Å². The van der Waals surface area contributed by atoms with E-state index in [2.05, 4.69) is 38.1 Å². The van der Waals surface area contributed by atoms with E-state index in [1.165, 1.54) is 11.6 Å². The molecule has 0 unspecified atom stereocenters. The van der Waals surface area contributed by atoms with E-state index in [1.807, 2.05) is 36.4 Å². The highest BCUT2D eigenvalue weighted by atomic mass is 32.1. The van der Waals surface area contributed by atoms with Gasteiger partial charge in [-0.15, -0.1) is 0 Å². The molecule has 3 aromatic carbocycles. The Hall–Kier alpha value is -2.28. The van der Waals surface area contributed by atoms with Gasteiger partial charge in [-0.1, -0.05) is 86.6 Å². The van der Waals surface area contributed by atoms with Gasteiger partial charge in [-0.25, -0.2) is 4.39 Å². The molecule has 32 heavy (non-hydrogen) atoms. The van der Waals surface area contributed by atoms with Crippen molar-refractivity contribution in [2.75, 3.05) is 6.54 Å². The highest BCUT2D eigenvalue weighted by Crippen LogP contribution is 2.26. The van der Waals surface area contributed by atoms with Crippen molar-refractivity contribution in [2.45, 2.75) is 32.6 Å². The Morgan fingerprint density at radius 2 is 1.41 bits per heavy atom. The normalized spacial score (nSPS) is 11.8. The van der Waals surface area contributed by atoms with Crippen molar-refractivity contribution in [1.29, 1.82) is 0 Å². The predicted octanol–water partition coefficient (Wildman–Crippen LogP) is 6.29. The van der Waals surface area contributed by atoms with Gasteiger partial charge in [0, 0.05) is 5.56 Å². The zero-order valence-corrected chi connectivity index (χ0v) is 20.8. The SMILES string of the molecule is CC(C)[C@H](CN)c1ccccc1.C[C@H](C(=O)O)c1ccc(-c2ccccc2)c(F)c1.S.S. The summed E-state index contributed by atoms with van der Waals surface area (Å²) in [7, 11) is 0. The van der Waals surface area contributed by atoms with E-state index in [-0.39, 0.29) is 27.0 Å². The van der Waals surface area contributed by atoms with Crippen LogP contribution in [0.15, 0.2) is 78.9 Å². The molecule has 3 nitrogen and oxygen atoms in total. The molecule has 0 saturated carbocycles. The minimum absolute atomic E-state index is 0. The quantitative estimate of drug-likeness (QED) is 0.440. The molecule has 0 heterocycles. The van der Waals surface area contributed by atoms with Crippen molar-refractivity contribution in [3.05, 3.63) is 95.8 Å². The van der Waals surface area contributed by atoms with Gasteiger partial charge in [0.1, 0.15) is 5.82 Å². The molecule has 0 aliphatic rings. The molecule has 0 radical (unpaired) electrons. The lowest BCUT2D eigenvalue weighted by molar-refractivity contribution is -0.138. The number of rotatable bonds is 6. The standard InChI is InChI=1S/C15H13FO2.C11H17N.2H2S/c1-10(15(17)18)12-7-8-13(14(16)9-12)11-5-3-2-4-6-11;1-9(2)11(8-12)10-6-4-3-5-7-10;;/h2-10H,1H3,(H,17,18);3-7,9,11H,8,12H2,1-2H3;2*1H2/t10-;11-;;/m00../s1. The first kappa shape index (κ1) is 29.7. The minimum atomic E-state index is -0.957. The molecule has 0 bridgehead atoms. The second-order valence-electron chi connectivity index (χ2n) is 7.66. The largest absolute Gasteiger partial charge is 0.481 e. The molecule has 6 heteroatoms. The van der Waals surface area contributed by atoms with E-state index in [4.69, 9.17) is 10.8 Å². The van der Waals surface area contributed by atoms with E-state index in [9.17, 15) is 9.18 Å². The second kappa shape index (κ2) is 14.7. The maximum atomic E-state index is 14.0. The van der Waals surface area contributed by atoms with Gasteiger partial charge in [0.25, 0.3) is 0 Å². The van der Waals surface area contributed by atoms with Crippen LogP contribution in [0.2, 0.25) is 0 Å². The summed E-state index contributed by atoms with van der Waals surface area (Å²) in [5.74, 6) is -0.929. The monoisotopic (exact) mass is 475 g/mol. The zero-order chi connectivity index (χ0) is 22.1. The molecule has 174 valence electrons. The average Bonchev–Trinajstić information content (AvgIpc) is 2.75. The summed E-state index contributed by atoms with van der Waals surface area (Å²) < 4.78 is 14.0. The minimum Gasteiger partial charge on any atom is -0.481 e. The van der Waals surface area contributed by atoms with Crippen molar-refractivity contribution < 1.29 is 14.3 Å². The number of carboxylic acids is 1. The van der Waals surface area contributed by atoms with Crippen molar-refractivity contribution >= 4 is 33.0 Å². The molecule has 3 rings (SSSR count). The highest BCUT2D eigenvalue weighted by Gasteiger charge is 2.16. The summed E-state index contributed by atoms with van der Waals surface area (Å²) in [6, 6.07) is 24.2. The third kappa shape index (κ3) is 8.34. The Balaban J connectivity index is 0.000000607. The van der Waals surface area contributed by atoms with Crippen molar-refractivity contribution in [3.63, 3.8) is 0 Å². The van der Waals surface area contributed by atoms with Gasteiger partial charge < -0.3 is 10.8 Å². The summed E-state index contributed by atoms with van der Waals surface area (Å²) >= 11 is 0. The van der Waals surface area contributed by atoms with Crippen LogP contribution in [0, 0.1) is 11.7 Å². The smallest absolute Gasteiger partial charge is 0.310 e. The lowest BCUT2D eigenvalue weighted by atomic mass is 9.89. The van der Waals surface area contributed by atoms with Crippen LogP contribution in [0.4, 0.5) is 4.39 Å². The van der Waals surface area contributed by atoms with Crippen molar-refractivity contribution in [3.8, 4) is 11.1 Å². The van der Waals surface area contributed by atoms with Crippen LogP contribution >= 0.6 is 27.0 Å². The summed E-state index contributed by atoms with van der Waals surface area (Å²) in [5, 5.41) is 8.89. The van der Waals surface area contributed by atoms with Gasteiger partial charge in [-0.3, -0.25) is 4.79 Å². The number of hydrogen-bond acceptors (Lipinski definition) is 2. The van der Waals surface area contributed by atoms with Crippen LogP contribution in [-0.2, 0) is 4.79 Å². The Labute approximate surface area is 204 Å². The zero-order valence-electron chi connectivity index (χ0n) is 18.8. The van der Waals surface area contributed by atoms with Crippen LogP contribution in [0.1, 0.15) is 43.7 Å². The van der Waals surface area contributed by atoms with Gasteiger partial charge in [0.2, 0.25) is 0 Å². The fourth-order valence-electron chi connectivity index (χ4n) is 3.29. The molecule has 0 saturated heterocycles. The summed E-state index contributed by atoms with van der Waals surface area (Å²) in [6.45, 7) is 6.70. The summed E-state index contributed by atoms with van der Waals surface area (Å²) in [5.41, 5.74) is 8.80. The highest BCUT2D eigenvalue weighted by molar-refractivity contribution is 7.59. The van der Waals surface area contributed by atoms with Crippen LogP contribution in [0.25, 0.3) is 11.1 Å². The van der Waals surface area contributed by atoms with Crippen molar-refractivity contribution in [1.82, 2.24) is 0 Å². The Morgan fingerprint density at radius 1 is 0.875 bits per heavy atom. The fourth-order valence-corrected chi connectivity index (χ4v) is 3.29. The number of benzene rings is 3. The lowest BCUT2D eigenvalue weighted by Crippen LogP contribution is -2.17. The van der Waals surface area contributed by atoms with Crippen LogP contribution in [0.5, 0.6) is 0 Å². The number of nitrogens with two attached hydrogens (primary N) is 1. The van der Waals surface area contributed by atoms with E-state index in [1.54, 1.807) is 19.1 Å². The van der Waals surface area contributed by atoms with E-state index in [0.717, 1.165) is 12.1 Å². The molecule has 2 atom stereocenters. The Bertz CT molecular complexity index is 937.